The molecule has 1 aliphatic heterocycles. The first kappa shape index (κ1) is 17.1. The van der Waals surface area contributed by atoms with Crippen LogP contribution in [0.5, 0.6) is 0 Å². The Morgan fingerprint density at radius 2 is 1.96 bits per heavy atom. The maximum Gasteiger partial charge on any atom is 0.338 e. The Hall–Kier alpha value is -2.21. The van der Waals surface area contributed by atoms with Gasteiger partial charge in [-0.3, -0.25) is 4.79 Å². The first-order valence-electron chi connectivity index (χ1n) is 7.56. The summed E-state index contributed by atoms with van der Waals surface area (Å²) in [6.45, 7) is 5.05. The van der Waals surface area contributed by atoms with Crippen LogP contribution in [0.15, 0.2) is 30.3 Å². The molecule has 2 N–H and O–H groups in total. The summed E-state index contributed by atoms with van der Waals surface area (Å²) in [4.78, 5) is 35.9. The molecule has 6 heteroatoms. The number of esters is 1. The highest BCUT2D eigenvalue weighted by atomic mass is 16.5. The summed E-state index contributed by atoms with van der Waals surface area (Å²) in [5.41, 5.74) is -1.29. The molecule has 1 fully saturated rings. The van der Waals surface area contributed by atoms with Crippen LogP contribution >= 0.6 is 0 Å². The summed E-state index contributed by atoms with van der Waals surface area (Å²) >= 11 is 0. The number of aliphatic hydroxyl groups is 1. The van der Waals surface area contributed by atoms with Gasteiger partial charge < -0.3 is 20.0 Å². The zero-order chi connectivity index (χ0) is 17.2. The molecule has 0 bridgehead atoms. The number of carbonyl (C=O) groups excluding carboxylic acids is 3. The molecule has 1 amide bonds. The zero-order valence-corrected chi connectivity index (χ0v) is 13.4. The van der Waals surface area contributed by atoms with Crippen LogP contribution in [0, 0.1) is 11.8 Å². The van der Waals surface area contributed by atoms with Gasteiger partial charge in [0, 0.05) is 0 Å². The molecular weight excluding hydrogens is 298 g/mol. The van der Waals surface area contributed by atoms with Crippen molar-refractivity contribution in [3.63, 3.8) is 0 Å². The molecule has 2 rings (SSSR count). The lowest BCUT2D eigenvalue weighted by atomic mass is 9.81. The Morgan fingerprint density at radius 3 is 2.39 bits per heavy atom. The van der Waals surface area contributed by atoms with Crippen LogP contribution < -0.4 is 5.32 Å². The van der Waals surface area contributed by atoms with Gasteiger partial charge in [-0.05, 0) is 18.1 Å². The van der Waals surface area contributed by atoms with E-state index >= 15 is 0 Å². The molecular formula is C17H21NO5. The summed E-state index contributed by atoms with van der Waals surface area (Å²) in [5.74, 6) is -2.08. The highest BCUT2D eigenvalue weighted by Gasteiger charge is 2.58. The monoisotopic (exact) mass is 319 g/mol. The van der Waals surface area contributed by atoms with Crippen LogP contribution in [0.2, 0.25) is 0 Å². The number of amides is 1. The van der Waals surface area contributed by atoms with Crippen LogP contribution in [0.3, 0.4) is 0 Å². The molecule has 0 aromatic heterocycles. The smallest absolute Gasteiger partial charge is 0.338 e. The topological polar surface area (TPSA) is 92.7 Å². The number of rotatable bonds is 5. The highest BCUT2D eigenvalue weighted by molar-refractivity contribution is 5.92. The summed E-state index contributed by atoms with van der Waals surface area (Å²) in [6.07, 6.45) is -1.76. The number of nitrogens with one attached hydrogen (secondary N) is 1. The standard InChI is InChI=1S/C17H21NO5/c1-10(2)14(23-16(22)12-7-5-4-6-8-12)17(9-19)13(20)11(3)15(21)18-17/h4-11,13-14,20H,1-3H3,(H,18,21)/t11-,13-,14-,17-/m0/s1. The van der Waals surface area contributed by atoms with Crippen LogP contribution in [-0.4, -0.2) is 41.0 Å². The molecule has 1 aromatic carbocycles. The predicted octanol–water partition coefficient (Wildman–Crippen LogP) is 0.932. The van der Waals surface area contributed by atoms with Gasteiger partial charge in [-0.15, -0.1) is 0 Å². The second-order valence-electron chi connectivity index (χ2n) is 6.21. The molecule has 23 heavy (non-hydrogen) atoms. The SMILES string of the molecule is CC(C)[C@H](OC(=O)c1ccccc1)[C@@]1(C=O)NC(=O)[C@@H](C)[C@@H]1O. The van der Waals surface area contributed by atoms with E-state index in [1.165, 1.54) is 6.92 Å². The van der Waals surface area contributed by atoms with Crippen molar-refractivity contribution >= 4 is 18.2 Å². The van der Waals surface area contributed by atoms with E-state index in [9.17, 15) is 19.5 Å². The van der Waals surface area contributed by atoms with Crippen molar-refractivity contribution in [3.05, 3.63) is 35.9 Å². The molecule has 0 aliphatic carbocycles. The molecule has 1 aliphatic rings. The lowest BCUT2D eigenvalue weighted by molar-refractivity contribution is -0.128. The third kappa shape index (κ3) is 2.99. The van der Waals surface area contributed by atoms with Crippen molar-refractivity contribution in [1.82, 2.24) is 5.32 Å². The van der Waals surface area contributed by atoms with Gasteiger partial charge >= 0.3 is 5.97 Å². The van der Waals surface area contributed by atoms with E-state index in [1.54, 1.807) is 44.2 Å². The molecule has 1 aromatic rings. The van der Waals surface area contributed by atoms with Gasteiger partial charge in [0.05, 0.1) is 17.6 Å². The van der Waals surface area contributed by atoms with E-state index in [4.69, 9.17) is 4.74 Å². The lowest BCUT2D eigenvalue weighted by Crippen LogP contribution is -2.62. The first-order valence-corrected chi connectivity index (χ1v) is 7.56. The van der Waals surface area contributed by atoms with Crippen molar-refractivity contribution in [2.45, 2.75) is 38.5 Å². The minimum atomic E-state index is -1.63. The van der Waals surface area contributed by atoms with E-state index < -0.39 is 35.5 Å². The maximum absolute atomic E-state index is 12.3. The lowest BCUT2D eigenvalue weighted by Gasteiger charge is -2.37. The normalized spacial score (nSPS) is 28.3. The fourth-order valence-electron chi connectivity index (χ4n) is 2.91. The maximum atomic E-state index is 12.3. The Morgan fingerprint density at radius 1 is 1.35 bits per heavy atom. The minimum Gasteiger partial charge on any atom is -0.455 e. The average Bonchev–Trinajstić information content (AvgIpc) is 2.77. The Labute approximate surface area is 134 Å². The van der Waals surface area contributed by atoms with E-state index in [2.05, 4.69) is 5.32 Å². The van der Waals surface area contributed by atoms with Gasteiger partial charge in [-0.1, -0.05) is 39.0 Å². The first-order chi connectivity index (χ1) is 10.8. The number of aldehydes is 1. The van der Waals surface area contributed by atoms with Gasteiger partial charge in [0.2, 0.25) is 5.91 Å². The quantitative estimate of drug-likeness (QED) is 0.622. The van der Waals surface area contributed by atoms with Crippen LogP contribution in [0.25, 0.3) is 0 Å². The summed E-state index contributed by atoms with van der Waals surface area (Å²) < 4.78 is 5.50. The van der Waals surface area contributed by atoms with Crippen molar-refractivity contribution in [3.8, 4) is 0 Å². The van der Waals surface area contributed by atoms with Crippen molar-refractivity contribution in [2.75, 3.05) is 0 Å². The summed E-state index contributed by atoms with van der Waals surface area (Å²) in [5, 5.41) is 12.9. The number of hydrogen-bond donors (Lipinski definition) is 2. The van der Waals surface area contributed by atoms with Gasteiger partial charge in [-0.25, -0.2) is 4.79 Å². The number of hydrogen-bond acceptors (Lipinski definition) is 5. The summed E-state index contributed by atoms with van der Waals surface area (Å²) in [7, 11) is 0. The van der Waals surface area contributed by atoms with Crippen LogP contribution in [-0.2, 0) is 14.3 Å². The second-order valence-corrected chi connectivity index (χ2v) is 6.21. The molecule has 0 unspecified atom stereocenters. The Balaban J connectivity index is 2.32. The average molecular weight is 319 g/mol. The molecule has 6 nitrogen and oxygen atoms in total. The number of carbonyl (C=O) groups is 3. The van der Waals surface area contributed by atoms with E-state index in [0.29, 0.717) is 11.8 Å². The molecule has 124 valence electrons. The largest absolute Gasteiger partial charge is 0.455 e. The second kappa shape index (κ2) is 6.50. The van der Waals surface area contributed by atoms with E-state index in [-0.39, 0.29) is 5.92 Å². The highest BCUT2D eigenvalue weighted by Crippen LogP contribution is 2.32. The third-order valence-electron chi connectivity index (χ3n) is 4.23. The molecule has 4 atom stereocenters. The van der Waals surface area contributed by atoms with Crippen LogP contribution in [0.1, 0.15) is 31.1 Å². The molecule has 1 saturated heterocycles. The van der Waals surface area contributed by atoms with Crippen molar-refractivity contribution in [1.29, 1.82) is 0 Å². The fraction of sp³-hybridized carbons (Fsp3) is 0.471. The summed E-state index contributed by atoms with van der Waals surface area (Å²) in [6, 6.07) is 8.36. The molecule has 0 spiro atoms. The molecule has 0 saturated carbocycles. The minimum absolute atomic E-state index is 0.284. The number of aliphatic hydroxyl groups excluding tert-OH is 1. The van der Waals surface area contributed by atoms with Crippen LogP contribution in [0.4, 0.5) is 0 Å². The van der Waals surface area contributed by atoms with Gasteiger partial charge in [-0.2, -0.15) is 0 Å². The fourth-order valence-corrected chi connectivity index (χ4v) is 2.91. The molecule has 0 radical (unpaired) electrons. The molecule has 1 heterocycles. The van der Waals surface area contributed by atoms with Gasteiger partial charge in [0.25, 0.3) is 0 Å². The zero-order valence-electron chi connectivity index (χ0n) is 13.4. The van der Waals surface area contributed by atoms with Gasteiger partial charge in [0.15, 0.2) is 11.8 Å². The van der Waals surface area contributed by atoms with Crippen molar-refractivity contribution in [2.24, 2.45) is 11.8 Å². The third-order valence-corrected chi connectivity index (χ3v) is 4.23. The van der Waals surface area contributed by atoms with Crippen molar-refractivity contribution < 1.29 is 24.2 Å². The van der Waals surface area contributed by atoms with E-state index in [1.807, 2.05) is 0 Å². The van der Waals surface area contributed by atoms with E-state index in [0.717, 1.165) is 0 Å². The Bertz CT molecular complexity index is 600. The predicted molar refractivity (Wildman–Crippen MR) is 82.6 cm³/mol. The van der Waals surface area contributed by atoms with Gasteiger partial charge in [0.1, 0.15) is 6.10 Å². The number of ether oxygens (including phenoxy) is 1. The Kier molecular flexibility index (Phi) is 4.85. The number of benzene rings is 1.